The van der Waals surface area contributed by atoms with Crippen LogP contribution in [0.1, 0.15) is 17.7 Å². The summed E-state index contributed by atoms with van der Waals surface area (Å²) in [6.07, 6.45) is 5.20. The molecule has 3 N–H and O–H groups in total. The highest BCUT2D eigenvalue weighted by molar-refractivity contribution is 7.93. The lowest BCUT2D eigenvalue weighted by Gasteiger charge is -2.12. The van der Waals surface area contributed by atoms with E-state index >= 15 is 0 Å². The summed E-state index contributed by atoms with van der Waals surface area (Å²) in [5.74, 6) is 0. The van der Waals surface area contributed by atoms with Crippen LogP contribution in [-0.4, -0.2) is 37.9 Å². The Balaban J connectivity index is 1.62. The number of benzene rings is 1. The van der Waals surface area contributed by atoms with Gasteiger partial charge in [-0.3, -0.25) is 4.72 Å². The standard InChI is InChI=1S/C15H20N4O2S2/c16-12-3-5-14(6-4-12)23(20,21)18-15-17-11-13(22-15)7-10-19-8-1-2-9-19/h3-6,11H,1-2,7-10,16H2,(H,17,18). The van der Waals surface area contributed by atoms with E-state index in [1.165, 1.54) is 36.3 Å². The van der Waals surface area contributed by atoms with Gasteiger partial charge in [-0.15, -0.1) is 11.3 Å². The van der Waals surface area contributed by atoms with Crippen LogP contribution in [-0.2, 0) is 16.4 Å². The molecule has 0 unspecified atom stereocenters. The fourth-order valence-corrected chi connectivity index (χ4v) is 4.61. The van der Waals surface area contributed by atoms with Gasteiger partial charge in [0, 0.05) is 23.3 Å². The van der Waals surface area contributed by atoms with Crippen LogP contribution in [0.3, 0.4) is 0 Å². The maximum Gasteiger partial charge on any atom is 0.263 e. The lowest BCUT2D eigenvalue weighted by molar-refractivity contribution is 0.344. The number of thiazole rings is 1. The minimum absolute atomic E-state index is 0.181. The number of anilines is 2. The average Bonchev–Trinajstić information content (AvgIpc) is 3.16. The molecule has 0 amide bonds. The van der Waals surface area contributed by atoms with Crippen LogP contribution in [0.25, 0.3) is 0 Å². The normalized spacial score (nSPS) is 15.8. The Labute approximate surface area is 140 Å². The number of nitrogens with zero attached hydrogens (tertiary/aromatic N) is 2. The Morgan fingerprint density at radius 1 is 1.22 bits per heavy atom. The number of hydrogen-bond acceptors (Lipinski definition) is 6. The van der Waals surface area contributed by atoms with E-state index < -0.39 is 10.0 Å². The summed E-state index contributed by atoms with van der Waals surface area (Å²) < 4.78 is 27.1. The van der Waals surface area contributed by atoms with E-state index in [-0.39, 0.29) is 4.90 Å². The molecule has 2 aromatic rings. The molecule has 124 valence electrons. The second-order valence-electron chi connectivity index (χ2n) is 5.61. The molecule has 3 rings (SSSR count). The number of nitrogen functional groups attached to an aromatic ring is 1. The molecule has 6 nitrogen and oxygen atoms in total. The Kier molecular flexibility index (Phi) is 4.84. The molecule has 0 bridgehead atoms. The maximum absolute atomic E-state index is 12.3. The van der Waals surface area contributed by atoms with Crippen molar-refractivity contribution in [1.29, 1.82) is 0 Å². The van der Waals surface area contributed by atoms with Crippen LogP contribution >= 0.6 is 11.3 Å². The van der Waals surface area contributed by atoms with Crippen LogP contribution in [0, 0.1) is 0 Å². The molecular weight excluding hydrogens is 332 g/mol. The fraction of sp³-hybridized carbons (Fsp3) is 0.400. The molecule has 0 saturated carbocycles. The number of likely N-dealkylation sites (tertiary alicyclic amines) is 1. The molecule has 0 aliphatic carbocycles. The number of nitrogens with one attached hydrogen (secondary N) is 1. The highest BCUT2D eigenvalue weighted by Crippen LogP contribution is 2.23. The van der Waals surface area contributed by atoms with Crippen molar-refractivity contribution in [3.05, 3.63) is 35.3 Å². The van der Waals surface area contributed by atoms with Crippen molar-refractivity contribution in [3.63, 3.8) is 0 Å². The molecule has 1 aromatic carbocycles. The van der Waals surface area contributed by atoms with E-state index in [1.807, 2.05) is 0 Å². The number of nitrogens with two attached hydrogens (primary N) is 1. The first-order valence-corrected chi connectivity index (χ1v) is 9.88. The van der Waals surface area contributed by atoms with E-state index in [9.17, 15) is 8.42 Å². The van der Waals surface area contributed by atoms with Gasteiger partial charge >= 0.3 is 0 Å². The minimum atomic E-state index is -3.62. The zero-order valence-corrected chi connectivity index (χ0v) is 14.4. The third kappa shape index (κ3) is 4.21. The second-order valence-corrected chi connectivity index (χ2v) is 8.40. The van der Waals surface area contributed by atoms with Crippen LogP contribution < -0.4 is 10.5 Å². The van der Waals surface area contributed by atoms with Crippen molar-refractivity contribution < 1.29 is 8.42 Å². The van der Waals surface area contributed by atoms with Gasteiger partial charge in [0.05, 0.1) is 4.90 Å². The van der Waals surface area contributed by atoms with Crippen LogP contribution in [0.5, 0.6) is 0 Å². The molecule has 1 aliphatic heterocycles. The number of aromatic nitrogens is 1. The third-order valence-electron chi connectivity index (χ3n) is 3.84. The predicted molar refractivity (Wildman–Crippen MR) is 93.2 cm³/mol. The van der Waals surface area contributed by atoms with Crippen molar-refractivity contribution in [2.45, 2.75) is 24.2 Å². The molecule has 0 atom stereocenters. The van der Waals surface area contributed by atoms with E-state index in [4.69, 9.17) is 5.73 Å². The summed E-state index contributed by atoms with van der Waals surface area (Å²) in [5, 5.41) is 0.401. The largest absolute Gasteiger partial charge is 0.399 e. The van der Waals surface area contributed by atoms with Gasteiger partial charge in [-0.1, -0.05) is 0 Å². The molecule has 1 aliphatic rings. The first-order valence-electron chi connectivity index (χ1n) is 7.58. The van der Waals surface area contributed by atoms with Gasteiger partial charge in [0.2, 0.25) is 0 Å². The Morgan fingerprint density at radius 3 is 2.61 bits per heavy atom. The molecule has 1 fully saturated rings. The first-order chi connectivity index (χ1) is 11.0. The lowest BCUT2D eigenvalue weighted by atomic mass is 10.3. The number of rotatable bonds is 6. The number of hydrogen-bond donors (Lipinski definition) is 2. The lowest BCUT2D eigenvalue weighted by Crippen LogP contribution is -2.21. The van der Waals surface area contributed by atoms with E-state index in [0.717, 1.165) is 30.9 Å². The summed E-state index contributed by atoms with van der Waals surface area (Å²) in [6, 6.07) is 6.11. The van der Waals surface area contributed by atoms with Gasteiger partial charge in [0.1, 0.15) is 0 Å². The summed E-state index contributed by atoms with van der Waals surface area (Å²) in [6.45, 7) is 3.33. The summed E-state index contributed by atoms with van der Waals surface area (Å²) >= 11 is 1.39. The smallest absolute Gasteiger partial charge is 0.263 e. The molecule has 0 radical (unpaired) electrons. The van der Waals surface area contributed by atoms with Gasteiger partial charge < -0.3 is 10.6 Å². The molecule has 1 aromatic heterocycles. The first kappa shape index (κ1) is 16.2. The number of sulfonamides is 1. The molecule has 1 saturated heterocycles. The maximum atomic E-state index is 12.3. The molecule has 0 spiro atoms. The topological polar surface area (TPSA) is 88.3 Å². The fourth-order valence-electron chi connectivity index (χ4n) is 2.57. The third-order valence-corrected chi connectivity index (χ3v) is 6.30. The monoisotopic (exact) mass is 352 g/mol. The second kappa shape index (κ2) is 6.86. The van der Waals surface area contributed by atoms with Crippen molar-refractivity contribution in [1.82, 2.24) is 9.88 Å². The van der Waals surface area contributed by atoms with Crippen LogP contribution in [0.15, 0.2) is 35.4 Å². The van der Waals surface area contributed by atoms with Gasteiger partial charge in [-0.05, 0) is 56.6 Å². The predicted octanol–water partition coefficient (Wildman–Crippen LogP) is 2.16. The zero-order chi connectivity index (χ0) is 16.3. The quantitative estimate of drug-likeness (QED) is 0.778. The van der Waals surface area contributed by atoms with E-state index in [1.54, 1.807) is 18.3 Å². The van der Waals surface area contributed by atoms with Crippen molar-refractivity contribution in [2.24, 2.45) is 0 Å². The van der Waals surface area contributed by atoms with Crippen molar-refractivity contribution in [2.75, 3.05) is 30.1 Å². The van der Waals surface area contributed by atoms with Crippen LogP contribution in [0.2, 0.25) is 0 Å². The summed E-state index contributed by atoms with van der Waals surface area (Å²) in [5.41, 5.74) is 6.11. The van der Waals surface area contributed by atoms with Gasteiger partial charge in [0.15, 0.2) is 5.13 Å². The SMILES string of the molecule is Nc1ccc(S(=O)(=O)Nc2ncc(CCN3CCCC3)s2)cc1. The van der Waals surface area contributed by atoms with Crippen LogP contribution in [0.4, 0.5) is 10.8 Å². The van der Waals surface area contributed by atoms with Gasteiger partial charge in [0.25, 0.3) is 10.0 Å². The zero-order valence-electron chi connectivity index (χ0n) is 12.7. The molecule has 23 heavy (non-hydrogen) atoms. The van der Waals surface area contributed by atoms with Crippen molar-refractivity contribution in [3.8, 4) is 0 Å². The Morgan fingerprint density at radius 2 is 1.91 bits per heavy atom. The highest BCUT2D eigenvalue weighted by atomic mass is 32.2. The minimum Gasteiger partial charge on any atom is -0.399 e. The molecule has 2 heterocycles. The Hall–Kier alpha value is -1.64. The molecular formula is C15H20N4O2S2. The van der Waals surface area contributed by atoms with Crippen molar-refractivity contribution >= 4 is 32.2 Å². The highest BCUT2D eigenvalue weighted by Gasteiger charge is 2.17. The Bertz CT molecular complexity index is 750. The van der Waals surface area contributed by atoms with E-state index in [2.05, 4.69) is 14.6 Å². The van der Waals surface area contributed by atoms with E-state index in [0.29, 0.717) is 10.8 Å². The average molecular weight is 352 g/mol. The summed E-state index contributed by atoms with van der Waals surface area (Å²) in [7, 11) is -3.62. The van der Waals surface area contributed by atoms with Gasteiger partial charge in [-0.25, -0.2) is 13.4 Å². The van der Waals surface area contributed by atoms with Gasteiger partial charge in [-0.2, -0.15) is 0 Å². The summed E-state index contributed by atoms with van der Waals surface area (Å²) in [4.78, 5) is 7.87. The molecule has 8 heteroatoms.